The lowest BCUT2D eigenvalue weighted by Gasteiger charge is -2.05. The third kappa shape index (κ3) is 2.17. The van der Waals surface area contributed by atoms with Crippen LogP contribution in [0.3, 0.4) is 0 Å². The number of rotatable bonds is 3. The third-order valence-electron chi connectivity index (χ3n) is 1.78. The number of methoxy groups -OCH3 is 1. The van der Waals surface area contributed by atoms with Gasteiger partial charge in [-0.05, 0) is 22.9 Å². The van der Waals surface area contributed by atoms with Gasteiger partial charge in [-0.25, -0.2) is 8.78 Å². The highest BCUT2D eigenvalue weighted by Gasteiger charge is 2.26. The molecule has 0 N–H and O–H groups in total. The molecule has 0 unspecified atom stereocenters. The predicted octanol–water partition coefficient (Wildman–Crippen LogP) is 2.24. The number of pyridine rings is 1. The van der Waals surface area contributed by atoms with Crippen LogP contribution in [0, 0.1) is 17.0 Å². The molecule has 1 heterocycles. The van der Waals surface area contributed by atoms with Crippen molar-refractivity contribution in [3.63, 3.8) is 0 Å². The molecule has 1 aromatic rings. The molecule has 0 aliphatic carbocycles. The van der Waals surface area contributed by atoms with Crippen LogP contribution in [0.1, 0.15) is 17.7 Å². The zero-order chi connectivity index (χ0) is 11.6. The van der Waals surface area contributed by atoms with Crippen molar-refractivity contribution in [2.75, 3.05) is 7.11 Å². The first-order valence-corrected chi connectivity index (χ1v) is 3.95. The lowest BCUT2D eigenvalue weighted by atomic mass is 10.2. The van der Waals surface area contributed by atoms with Crippen LogP contribution in [-0.2, 0) is 0 Å². The maximum atomic E-state index is 12.4. The van der Waals surface area contributed by atoms with Crippen molar-refractivity contribution in [3.05, 3.63) is 27.4 Å². The second kappa shape index (κ2) is 4.16. The molecule has 0 atom stereocenters. The predicted molar refractivity (Wildman–Crippen MR) is 47.1 cm³/mol. The summed E-state index contributed by atoms with van der Waals surface area (Å²) in [4.78, 5) is 12.9. The third-order valence-corrected chi connectivity index (χ3v) is 1.78. The topological polar surface area (TPSA) is 65.3 Å². The van der Waals surface area contributed by atoms with Gasteiger partial charge in [-0.1, -0.05) is 0 Å². The van der Waals surface area contributed by atoms with E-state index in [0.29, 0.717) is 0 Å². The molecule has 0 bridgehead atoms. The first-order valence-electron chi connectivity index (χ1n) is 3.95. The molecular weight excluding hydrogens is 210 g/mol. The van der Waals surface area contributed by atoms with E-state index >= 15 is 0 Å². The number of nitrogens with zero attached hydrogens (tertiary/aromatic N) is 2. The van der Waals surface area contributed by atoms with E-state index in [2.05, 4.69) is 9.72 Å². The minimum Gasteiger partial charge on any atom is -0.492 e. The van der Waals surface area contributed by atoms with E-state index in [4.69, 9.17) is 0 Å². The number of nitro groups is 1. The van der Waals surface area contributed by atoms with Crippen LogP contribution < -0.4 is 4.74 Å². The first-order chi connectivity index (χ1) is 6.97. The Morgan fingerprint density at radius 3 is 2.60 bits per heavy atom. The Hall–Kier alpha value is -1.79. The van der Waals surface area contributed by atoms with Crippen LogP contribution >= 0.6 is 0 Å². The van der Waals surface area contributed by atoms with E-state index < -0.39 is 22.9 Å². The molecule has 1 aromatic heterocycles. The fourth-order valence-electron chi connectivity index (χ4n) is 1.10. The summed E-state index contributed by atoms with van der Waals surface area (Å²) in [6.45, 7) is 1.41. The second-order valence-electron chi connectivity index (χ2n) is 2.77. The van der Waals surface area contributed by atoms with Gasteiger partial charge in [-0.15, -0.1) is 0 Å². The van der Waals surface area contributed by atoms with E-state index in [1.54, 1.807) is 0 Å². The Bertz CT molecular complexity index is 396. The van der Waals surface area contributed by atoms with Crippen molar-refractivity contribution < 1.29 is 18.4 Å². The summed E-state index contributed by atoms with van der Waals surface area (Å²) < 4.78 is 29.5. The molecule has 5 nitrogen and oxygen atoms in total. The van der Waals surface area contributed by atoms with E-state index in [1.165, 1.54) is 20.1 Å². The van der Waals surface area contributed by atoms with Gasteiger partial charge in [0, 0.05) is 0 Å². The molecule has 0 fully saturated rings. The molecule has 0 aromatic carbocycles. The summed E-state index contributed by atoms with van der Waals surface area (Å²) in [7, 11) is 1.20. The molecule has 0 radical (unpaired) electrons. The van der Waals surface area contributed by atoms with Gasteiger partial charge >= 0.3 is 12.2 Å². The maximum Gasteiger partial charge on any atom is 0.367 e. The Labute approximate surface area is 83.8 Å². The fourth-order valence-corrected chi connectivity index (χ4v) is 1.10. The van der Waals surface area contributed by atoms with Gasteiger partial charge in [0.1, 0.15) is 0 Å². The normalized spacial score (nSPS) is 10.5. The summed E-state index contributed by atoms with van der Waals surface area (Å²) >= 11 is 0. The van der Waals surface area contributed by atoms with Crippen LogP contribution in [0.4, 0.5) is 14.6 Å². The Morgan fingerprint density at radius 1 is 1.60 bits per heavy atom. The number of aryl methyl sites for hydroxylation is 1. The maximum absolute atomic E-state index is 12.4. The second-order valence-corrected chi connectivity index (χ2v) is 2.77. The van der Waals surface area contributed by atoms with Gasteiger partial charge in [0.15, 0.2) is 5.75 Å². The molecule has 82 valence electrons. The fraction of sp³-hybridized carbons (Fsp3) is 0.375. The quantitative estimate of drug-likeness (QED) is 0.576. The number of ether oxygens (including phenoxy) is 1. The largest absolute Gasteiger partial charge is 0.492 e. The zero-order valence-corrected chi connectivity index (χ0v) is 8.03. The van der Waals surface area contributed by atoms with E-state index in [0.717, 1.165) is 0 Å². The lowest BCUT2D eigenvalue weighted by molar-refractivity contribution is -0.390. The molecule has 0 amide bonds. The van der Waals surface area contributed by atoms with E-state index in [9.17, 15) is 18.9 Å². The monoisotopic (exact) mass is 218 g/mol. The van der Waals surface area contributed by atoms with Crippen molar-refractivity contribution in [2.45, 2.75) is 13.3 Å². The molecule has 0 aliphatic heterocycles. The summed E-state index contributed by atoms with van der Waals surface area (Å²) in [5.41, 5.74) is -0.531. The number of halogens is 2. The van der Waals surface area contributed by atoms with Gasteiger partial charge < -0.3 is 14.9 Å². The standard InChI is InChI=1S/C8H8F2N2O3/c1-4-3-5(15-2)6(7(9)10)11-8(4)12(13)14/h3,7H,1-2H3. The molecule has 7 heteroatoms. The molecule has 0 saturated heterocycles. The molecule has 0 saturated carbocycles. The number of hydrogen-bond donors (Lipinski definition) is 0. The van der Waals surface area contributed by atoms with Gasteiger partial charge in [0.2, 0.25) is 0 Å². The molecule has 0 spiro atoms. The van der Waals surface area contributed by atoms with Gasteiger partial charge in [-0.2, -0.15) is 0 Å². The van der Waals surface area contributed by atoms with Crippen LogP contribution in [0.5, 0.6) is 5.75 Å². The van der Waals surface area contributed by atoms with Crippen LogP contribution in [0.25, 0.3) is 0 Å². The van der Waals surface area contributed by atoms with Crippen molar-refractivity contribution in [1.29, 1.82) is 0 Å². The average Bonchev–Trinajstić information content (AvgIpc) is 2.16. The van der Waals surface area contributed by atoms with E-state index in [1.807, 2.05) is 0 Å². The van der Waals surface area contributed by atoms with Gasteiger partial charge in [-0.3, -0.25) is 0 Å². The van der Waals surface area contributed by atoms with Crippen LogP contribution in [0.15, 0.2) is 6.07 Å². The van der Waals surface area contributed by atoms with Crippen molar-refractivity contribution >= 4 is 5.82 Å². The zero-order valence-electron chi connectivity index (χ0n) is 8.03. The summed E-state index contributed by atoms with van der Waals surface area (Å²) in [5.74, 6) is -0.723. The summed E-state index contributed by atoms with van der Waals surface area (Å²) in [6.07, 6.45) is -2.90. The number of aromatic nitrogens is 1. The first kappa shape index (κ1) is 11.3. The van der Waals surface area contributed by atoms with Gasteiger partial charge in [0.05, 0.1) is 12.7 Å². The van der Waals surface area contributed by atoms with E-state index in [-0.39, 0.29) is 11.3 Å². The Balaban J connectivity index is 3.37. The number of alkyl halides is 2. The lowest BCUT2D eigenvalue weighted by Crippen LogP contribution is -2.02. The number of hydrogen-bond acceptors (Lipinski definition) is 4. The van der Waals surface area contributed by atoms with Crippen molar-refractivity contribution in [2.24, 2.45) is 0 Å². The molecule has 15 heavy (non-hydrogen) atoms. The smallest absolute Gasteiger partial charge is 0.367 e. The average molecular weight is 218 g/mol. The summed E-state index contributed by atoms with van der Waals surface area (Å²) in [6, 6.07) is 1.17. The highest BCUT2D eigenvalue weighted by molar-refractivity contribution is 5.41. The van der Waals surface area contributed by atoms with Crippen molar-refractivity contribution in [1.82, 2.24) is 4.98 Å². The van der Waals surface area contributed by atoms with Gasteiger partial charge in [0.25, 0.3) is 5.69 Å². The highest BCUT2D eigenvalue weighted by Crippen LogP contribution is 2.31. The molecule has 0 aliphatic rings. The minimum absolute atomic E-state index is 0.145. The highest BCUT2D eigenvalue weighted by atomic mass is 19.3. The van der Waals surface area contributed by atoms with Crippen molar-refractivity contribution in [3.8, 4) is 5.75 Å². The SMILES string of the molecule is COc1cc(C)c([N+](=O)[O-])nc1C(F)F. The van der Waals surface area contributed by atoms with Crippen LogP contribution in [-0.4, -0.2) is 17.0 Å². The Kier molecular flexibility index (Phi) is 3.13. The molecule has 1 rings (SSSR count). The van der Waals surface area contributed by atoms with Crippen LogP contribution in [0.2, 0.25) is 0 Å². The summed E-state index contributed by atoms with van der Waals surface area (Å²) in [5, 5.41) is 10.5. The minimum atomic E-state index is -2.90. The molecular formula is C8H8F2N2O3. The Morgan fingerprint density at radius 2 is 2.20 bits per heavy atom.